The Morgan fingerprint density at radius 1 is 0.223 bits per heavy atom. The van der Waals surface area contributed by atoms with Crippen molar-refractivity contribution in [1.82, 2.24) is 118 Å². The topological polar surface area (TPSA) is 246 Å². The minimum atomic E-state index is -2.31. The van der Waals surface area contributed by atoms with Gasteiger partial charge >= 0.3 is 84.3 Å². The summed E-state index contributed by atoms with van der Waals surface area (Å²) in [7, 11) is 0. The fraction of sp³-hybridized carbons (Fsp3) is 0.200. The molecule has 148 heavy (non-hydrogen) atoms. The average Bonchev–Trinajstić information content (AvgIpc) is 1.49. The minimum Gasteiger partial charge on any atom is -0.343 e. The maximum atomic E-state index is 14.3. The van der Waals surface area contributed by atoms with Crippen molar-refractivity contribution in [3.8, 4) is 91.6 Å². The maximum Gasteiger partial charge on any atom is 2.00 e. The minimum absolute atomic E-state index is 0. The van der Waals surface area contributed by atoms with Crippen LogP contribution in [0.4, 0.5) is 43.9 Å². The Morgan fingerprint density at radius 3 is 0.622 bits per heavy atom. The van der Waals surface area contributed by atoms with E-state index < -0.39 is 102 Å². The van der Waals surface area contributed by atoms with Crippen molar-refractivity contribution < 1.29 is 128 Å². The zero-order valence-corrected chi connectivity index (χ0v) is 90.7. The first-order valence-electron chi connectivity index (χ1n) is 45.8. The molecule has 0 spiro atoms. The van der Waals surface area contributed by atoms with Crippen molar-refractivity contribution >= 4 is 0 Å². The van der Waals surface area contributed by atoms with Crippen LogP contribution in [0.5, 0.6) is 0 Å². The molecule has 0 saturated carbocycles. The largest absolute Gasteiger partial charge is 2.00 e. The van der Waals surface area contributed by atoms with Gasteiger partial charge in [0.2, 0.25) is 0 Å². The summed E-state index contributed by atoms with van der Waals surface area (Å²) < 4.78 is 151. The second-order valence-electron chi connectivity index (χ2n) is 36.0. The van der Waals surface area contributed by atoms with Crippen LogP contribution in [0.15, 0.2) is 255 Å². The van der Waals surface area contributed by atoms with Gasteiger partial charge in [-0.3, -0.25) is 80.7 Å². The van der Waals surface area contributed by atoms with Gasteiger partial charge in [0.15, 0.2) is 58.2 Å². The molecule has 0 aliphatic carbocycles. The number of aromatic nitrogens is 24. The number of nitrogens with zero attached hydrogens (tertiary/aromatic N) is 24. The Balaban J connectivity index is 0.000000166. The molecule has 0 aliphatic heterocycles. The molecule has 24 nitrogen and oxygen atoms in total. The van der Waals surface area contributed by atoms with E-state index in [1.807, 2.05) is 206 Å². The summed E-state index contributed by atoms with van der Waals surface area (Å²) in [6.07, 6.45) is 25.8. The quantitative estimate of drug-likeness (QED) is 0.0236. The molecule has 4 aromatic carbocycles. The molecule has 0 radical (unpaired) electrons. The van der Waals surface area contributed by atoms with E-state index in [1.165, 1.54) is 12.1 Å². The average molecular weight is 2720 g/mol. The molecule has 0 bridgehead atoms. The van der Waals surface area contributed by atoms with Gasteiger partial charge in [-0.1, -0.05) is 273 Å². The number of rotatable bonds is 24. The molecule has 38 heteroatoms. The number of aryl methyl sites for hydroxylation is 2. The van der Waals surface area contributed by atoms with E-state index in [1.54, 1.807) is 66.2 Å². The number of halogens is 10. The van der Waals surface area contributed by atoms with Gasteiger partial charge in [0, 0.05) is 78.3 Å². The van der Waals surface area contributed by atoms with Gasteiger partial charge in [-0.05, 0) is 161 Å². The third-order valence-corrected chi connectivity index (χ3v) is 24.1. The molecule has 20 aromatic rings. The predicted octanol–water partition coefficient (Wildman–Crippen LogP) is 22.5. The maximum absolute atomic E-state index is 14.3. The summed E-state index contributed by atoms with van der Waals surface area (Å²) in [5.41, 5.74) is 7.95. The van der Waals surface area contributed by atoms with E-state index in [0.717, 1.165) is 137 Å². The van der Waals surface area contributed by atoms with E-state index in [2.05, 4.69) is 173 Å². The number of benzene rings is 4. The van der Waals surface area contributed by atoms with Gasteiger partial charge in [-0.25, -0.2) is 43.9 Å². The van der Waals surface area contributed by atoms with Crippen LogP contribution in [0.25, 0.3) is 91.6 Å². The molecule has 0 atom stereocenters. The Kier molecular flexibility index (Phi) is 35.2. The van der Waals surface area contributed by atoms with Gasteiger partial charge < -0.3 is 37.5 Å². The van der Waals surface area contributed by atoms with Crippen molar-refractivity contribution in [3.63, 3.8) is 0 Å². The summed E-state index contributed by atoms with van der Waals surface area (Å²) in [5, 5.41) is 35.5. The van der Waals surface area contributed by atoms with Gasteiger partial charge in [-0.2, -0.15) is 0 Å². The first-order chi connectivity index (χ1) is 69.1. The van der Waals surface area contributed by atoms with E-state index in [4.69, 9.17) is 40.1 Å². The first kappa shape index (κ1) is 111. The molecule has 0 aliphatic rings. The molecule has 16 aromatic heterocycles. The summed E-state index contributed by atoms with van der Waals surface area (Å²) in [4.78, 5) is 38.4. The monoisotopic (exact) mass is 2720 g/mol. The Labute approximate surface area is 904 Å². The number of hydrogen-bond donors (Lipinski definition) is 0. The standard InChI is InChI=1S/C31H14F10N6.C31H24N6.C25H28N6.C23H24N6.4Pt/c1-31(2,15-5-3-7-17(42-15)46-11-9-13(44-46)19-21(32)25(36)29(40)26(37)22(19)33)16-6-4-8-18(43-16)47-12-10-14(45-47)20-23(34)27(38)30(41)28(39)24(20)35;1-31(2,27-15-9-17-29(32-27)36-21-19-25(34-36)23-11-5-3-6-12-23)28-16-10-18-30(33-28)37-22-20-26(35-37)24-13-7-4-8-14-24;1-17(2)19-13-15-30(28-19)23-11-7-9-21(26-23)25(5,6)22-10-8-12-24(27-22)31-16-14-20(29-31)18(3)4;1-5-17-13-15-28(26-17)21-11-7-9-19(24-21)23(3,4)20-10-8-12-22(25-20)29-16-14-18(6-2)27-29;;;;/h3-10H,1-2H3;3-20H,1-2H3;7-14,17-18H,1-6H3;7-14H,5-6H2,1-4H3;;;;/q4*-2;4*+2. The third kappa shape index (κ3) is 23.5. The molecule has 0 unspecified atom stereocenters. The number of hydrogen-bond acceptors (Lipinski definition) is 16. The van der Waals surface area contributed by atoms with Gasteiger partial charge in [0.1, 0.15) is 0 Å². The number of pyridine rings is 8. The van der Waals surface area contributed by atoms with Crippen LogP contribution in [-0.4, -0.2) is 118 Å². The summed E-state index contributed by atoms with van der Waals surface area (Å²) in [6, 6.07) is 78.3. The molecule has 20 rings (SSSR count). The zero-order chi connectivity index (χ0) is 102. The summed E-state index contributed by atoms with van der Waals surface area (Å²) in [5.74, 6) is -16.2. The van der Waals surface area contributed by atoms with E-state index in [9.17, 15) is 43.9 Å². The van der Waals surface area contributed by atoms with Crippen LogP contribution in [-0.2, 0) is 119 Å². The molecule has 0 saturated heterocycles. The van der Waals surface area contributed by atoms with E-state index in [0.29, 0.717) is 34.9 Å². The molecule has 0 fully saturated rings. The van der Waals surface area contributed by atoms with Crippen molar-refractivity contribution in [1.29, 1.82) is 0 Å². The van der Waals surface area contributed by atoms with Crippen molar-refractivity contribution in [2.24, 2.45) is 0 Å². The second-order valence-corrected chi connectivity index (χ2v) is 36.0. The van der Waals surface area contributed by atoms with Gasteiger partial charge in [0.25, 0.3) is 0 Å². The normalized spacial score (nSPS) is 11.5. The van der Waals surface area contributed by atoms with Crippen molar-refractivity contribution in [3.05, 3.63) is 431 Å². The molecule has 0 N–H and O–H groups in total. The van der Waals surface area contributed by atoms with Crippen LogP contribution in [0.2, 0.25) is 0 Å². The van der Waals surface area contributed by atoms with Crippen molar-refractivity contribution in [2.45, 2.75) is 143 Å². The second kappa shape index (κ2) is 46.9. The fourth-order valence-electron chi connectivity index (χ4n) is 15.3. The van der Waals surface area contributed by atoms with Gasteiger partial charge in [-0.15, -0.1) is 48.5 Å². The van der Waals surface area contributed by atoms with Crippen LogP contribution >= 0.6 is 0 Å². The molecular weight excluding hydrogens is 2630 g/mol. The summed E-state index contributed by atoms with van der Waals surface area (Å²) in [6.45, 7) is 28.8. The molecule has 16 heterocycles. The van der Waals surface area contributed by atoms with Crippen molar-refractivity contribution in [2.75, 3.05) is 0 Å². The zero-order valence-electron chi connectivity index (χ0n) is 81.6. The molecular formula is C110H90F10N24Pt4. The van der Waals surface area contributed by atoms with Gasteiger partial charge in [0.05, 0.1) is 46.5 Å². The van der Waals surface area contributed by atoms with Crippen LogP contribution in [0, 0.1) is 108 Å². The third-order valence-electron chi connectivity index (χ3n) is 24.1. The first-order valence-corrected chi connectivity index (χ1v) is 45.8. The predicted molar refractivity (Wildman–Crippen MR) is 518 cm³/mol. The van der Waals surface area contributed by atoms with Crippen LogP contribution in [0.3, 0.4) is 0 Å². The molecule has 0 amide bonds. The smallest absolute Gasteiger partial charge is 0.343 e. The van der Waals surface area contributed by atoms with Crippen LogP contribution in [0.1, 0.15) is 177 Å². The summed E-state index contributed by atoms with van der Waals surface area (Å²) >= 11 is 0. The Bertz CT molecular complexity index is 7510. The van der Waals surface area contributed by atoms with E-state index in [-0.39, 0.29) is 95.9 Å². The van der Waals surface area contributed by atoms with Crippen LogP contribution < -0.4 is 0 Å². The fourth-order valence-corrected chi connectivity index (χ4v) is 15.3. The Morgan fingerprint density at radius 2 is 0.412 bits per heavy atom. The SMILES string of the molecule is CC(C)(c1cccc(-n2[c-]cc(-c3c(F)c(F)c(F)c(F)c3F)n2)n1)c1cccc(-n2[c-]cc(-c3c(F)c(F)c(F)c(F)c3F)n2)n1.CC(C)(c1cccc(-n2[c-]cc(-c3ccccc3)n2)n1)c1cccc(-n2[c-]cc(-c3ccccc3)n2)n1.CC(C)c1c[c-]n(-c2cccc(C(C)(C)c3cccc(-n4[c-]cc(C(C)C)n4)n3)n2)n1.CCc1c[c-]n(-c2cccc(C(C)(C)c3cccc(-n4[c-]cc(CC)n4)n3)n2)n1.[Pt+2].[Pt+2].[Pt+2].[Pt+2]. The Hall–Kier alpha value is -14.2. The molecule has 760 valence electrons. The van der Waals surface area contributed by atoms with E-state index >= 15 is 0 Å².